The highest BCUT2D eigenvalue weighted by atomic mass is 32.1. The lowest BCUT2D eigenvalue weighted by molar-refractivity contribution is -0.159. The van der Waals surface area contributed by atoms with E-state index in [9.17, 15) is 4.79 Å². The SMILES string of the molecule is CCC(=O)N(c1cccs1)C(C)CN(C)Cc1ccccc1.O=C(O)C(=O)O. The molecule has 0 fully saturated rings. The van der Waals surface area contributed by atoms with Crippen LogP contribution in [0.1, 0.15) is 25.8 Å². The number of hydrogen-bond donors (Lipinski definition) is 2. The Kier molecular flexibility index (Phi) is 9.91. The van der Waals surface area contributed by atoms with Crippen molar-refractivity contribution in [2.75, 3.05) is 18.5 Å². The zero-order valence-corrected chi connectivity index (χ0v) is 17.1. The van der Waals surface area contributed by atoms with E-state index in [2.05, 4.69) is 43.1 Å². The molecule has 1 unspecified atom stereocenters. The Balaban J connectivity index is 0.000000568. The molecule has 1 amide bonds. The zero-order valence-electron chi connectivity index (χ0n) is 16.2. The minimum absolute atomic E-state index is 0.153. The van der Waals surface area contributed by atoms with Crippen molar-refractivity contribution in [2.24, 2.45) is 0 Å². The summed E-state index contributed by atoms with van der Waals surface area (Å²) in [5.74, 6) is -3.46. The fourth-order valence-electron chi connectivity index (χ4n) is 2.66. The van der Waals surface area contributed by atoms with Crippen LogP contribution in [-0.2, 0) is 20.9 Å². The summed E-state index contributed by atoms with van der Waals surface area (Å²) < 4.78 is 0. The van der Waals surface area contributed by atoms with Gasteiger partial charge in [0.1, 0.15) is 0 Å². The van der Waals surface area contributed by atoms with Gasteiger partial charge < -0.3 is 15.1 Å². The zero-order chi connectivity index (χ0) is 21.1. The van der Waals surface area contributed by atoms with E-state index in [0.29, 0.717) is 6.42 Å². The van der Waals surface area contributed by atoms with Crippen molar-refractivity contribution in [3.8, 4) is 0 Å². The van der Waals surface area contributed by atoms with Gasteiger partial charge in [-0.2, -0.15) is 0 Å². The summed E-state index contributed by atoms with van der Waals surface area (Å²) in [5.41, 5.74) is 1.29. The van der Waals surface area contributed by atoms with Gasteiger partial charge in [0.05, 0.1) is 5.00 Å². The molecule has 0 saturated heterocycles. The van der Waals surface area contributed by atoms with Gasteiger partial charge >= 0.3 is 11.9 Å². The van der Waals surface area contributed by atoms with Crippen LogP contribution in [0.5, 0.6) is 0 Å². The minimum Gasteiger partial charge on any atom is -0.473 e. The molecule has 0 aliphatic heterocycles. The van der Waals surface area contributed by atoms with Crippen LogP contribution in [0, 0.1) is 0 Å². The number of likely N-dealkylation sites (N-methyl/N-ethyl adjacent to an activating group) is 1. The predicted molar refractivity (Wildman–Crippen MR) is 110 cm³/mol. The first-order valence-corrected chi connectivity index (χ1v) is 9.68. The van der Waals surface area contributed by atoms with Crippen molar-refractivity contribution >= 4 is 34.2 Å². The van der Waals surface area contributed by atoms with Crippen molar-refractivity contribution in [3.63, 3.8) is 0 Å². The molecule has 0 aliphatic rings. The van der Waals surface area contributed by atoms with Gasteiger partial charge in [-0.05, 0) is 37.0 Å². The van der Waals surface area contributed by atoms with Crippen LogP contribution in [0.25, 0.3) is 0 Å². The van der Waals surface area contributed by atoms with Crippen molar-refractivity contribution < 1.29 is 24.6 Å². The van der Waals surface area contributed by atoms with Gasteiger partial charge in [-0.1, -0.05) is 37.3 Å². The highest BCUT2D eigenvalue weighted by molar-refractivity contribution is 7.14. The lowest BCUT2D eigenvalue weighted by Gasteiger charge is -2.31. The second-order valence-corrected chi connectivity index (χ2v) is 7.14. The van der Waals surface area contributed by atoms with E-state index in [1.165, 1.54) is 5.56 Å². The molecule has 1 aromatic carbocycles. The highest BCUT2D eigenvalue weighted by Gasteiger charge is 2.22. The number of carbonyl (C=O) groups is 3. The van der Waals surface area contributed by atoms with Gasteiger partial charge in [-0.3, -0.25) is 9.69 Å². The smallest absolute Gasteiger partial charge is 0.414 e. The molecule has 1 atom stereocenters. The number of amides is 1. The first-order chi connectivity index (χ1) is 13.3. The number of carbonyl (C=O) groups excluding carboxylic acids is 1. The first kappa shape index (κ1) is 23.3. The number of aliphatic carboxylic acids is 2. The van der Waals surface area contributed by atoms with Gasteiger partial charge in [0.15, 0.2) is 0 Å². The van der Waals surface area contributed by atoms with Crippen LogP contribution in [-0.4, -0.2) is 52.6 Å². The number of thiophene rings is 1. The quantitative estimate of drug-likeness (QED) is 0.686. The maximum atomic E-state index is 12.3. The second kappa shape index (κ2) is 11.9. The second-order valence-electron chi connectivity index (χ2n) is 6.21. The number of benzene rings is 1. The Morgan fingerprint density at radius 2 is 1.64 bits per heavy atom. The van der Waals surface area contributed by atoms with Crippen LogP contribution in [0.15, 0.2) is 47.8 Å². The van der Waals surface area contributed by atoms with Crippen LogP contribution < -0.4 is 4.90 Å². The first-order valence-electron chi connectivity index (χ1n) is 8.80. The largest absolute Gasteiger partial charge is 0.473 e. The molecule has 1 heterocycles. The average molecular weight is 407 g/mol. The molecule has 2 aromatic rings. The van der Waals surface area contributed by atoms with E-state index in [4.69, 9.17) is 19.8 Å². The molecule has 0 radical (unpaired) electrons. The minimum atomic E-state index is -1.82. The molecule has 0 saturated carbocycles. The molecule has 7 nitrogen and oxygen atoms in total. The summed E-state index contributed by atoms with van der Waals surface area (Å²) in [6.07, 6.45) is 0.532. The third kappa shape index (κ3) is 7.89. The molecule has 8 heteroatoms. The number of anilines is 1. The van der Waals surface area contributed by atoms with Gasteiger partial charge in [0.2, 0.25) is 5.91 Å². The molecule has 2 rings (SSSR count). The van der Waals surface area contributed by atoms with E-state index in [1.807, 2.05) is 35.4 Å². The topological polar surface area (TPSA) is 98.2 Å². The van der Waals surface area contributed by atoms with Gasteiger partial charge in [0.25, 0.3) is 0 Å². The fourth-order valence-corrected chi connectivity index (χ4v) is 3.50. The number of carboxylic acid groups (broad SMARTS) is 2. The molecule has 2 N–H and O–H groups in total. The number of nitrogens with zero attached hydrogens (tertiary/aromatic N) is 2. The Labute approximate surface area is 168 Å². The maximum Gasteiger partial charge on any atom is 0.414 e. The van der Waals surface area contributed by atoms with E-state index in [0.717, 1.165) is 18.1 Å². The lowest BCUT2D eigenvalue weighted by atomic mass is 10.2. The van der Waals surface area contributed by atoms with Crippen LogP contribution in [0.3, 0.4) is 0 Å². The molecule has 0 aliphatic carbocycles. The fraction of sp³-hybridized carbons (Fsp3) is 0.350. The summed E-state index contributed by atoms with van der Waals surface area (Å²) in [7, 11) is 2.10. The van der Waals surface area contributed by atoms with Crippen molar-refractivity contribution in [1.29, 1.82) is 0 Å². The normalized spacial score (nSPS) is 11.3. The van der Waals surface area contributed by atoms with Gasteiger partial charge in [-0.15, -0.1) is 11.3 Å². The van der Waals surface area contributed by atoms with E-state index in [-0.39, 0.29) is 11.9 Å². The van der Waals surface area contributed by atoms with Crippen molar-refractivity contribution in [3.05, 3.63) is 53.4 Å². The van der Waals surface area contributed by atoms with Gasteiger partial charge in [0, 0.05) is 25.6 Å². The van der Waals surface area contributed by atoms with E-state index >= 15 is 0 Å². The average Bonchev–Trinajstić information content (AvgIpc) is 3.16. The monoisotopic (exact) mass is 406 g/mol. The molecular formula is C20H26N2O5S. The molecular weight excluding hydrogens is 380 g/mol. The van der Waals surface area contributed by atoms with Crippen LogP contribution in [0.2, 0.25) is 0 Å². The summed E-state index contributed by atoms with van der Waals surface area (Å²) in [5, 5.41) is 17.8. The molecule has 0 spiro atoms. The van der Waals surface area contributed by atoms with Crippen molar-refractivity contribution in [2.45, 2.75) is 32.9 Å². The van der Waals surface area contributed by atoms with E-state index < -0.39 is 11.9 Å². The molecule has 1 aromatic heterocycles. The van der Waals surface area contributed by atoms with Crippen molar-refractivity contribution in [1.82, 2.24) is 4.90 Å². The summed E-state index contributed by atoms with van der Waals surface area (Å²) in [6, 6.07) is 14.6. The Bertz CT molecular complexity index is 737. The number of carboxylic acids is 2. The maximum absolute atomic E-state index is 12.3. The summed E-state index contributed by atoms with van der Waals surface area (Å²) in [6.45, 7) is 5.78. The standard InChI is InChI=1S/C18H24N2OS.C2H2O4/c1-4-17(21)20(18-11-8-12-22-18)15(2)13-19(3)14-16-9-6-5-7-10-16;3-1(4)2(5)6/h5-12,15H,4,13-14H2,1-3H3;(H,3,4)(H,5,6). The predicted octanol–water partition coefficient (Wildman–Crippen LogP) is 3.17. The third-order valence-corrected chi connectivity index (χ3v) is 4.68. The Morgan fingerprint density at radius 1 is 1.04 bits per heavy atom. The Morgan fingerprint density at radius 3 is 2.11 bits per heavy atom. The number of rotatable bonds is 7. The highest BCUT2D eigenvalue weighted by Crippen LogP contribution is 2.24. The number of hydrogen-bond acceptors (Lipinski definition) is 5. The van der Waals surface area contributed by atoms with Gasteiger partial charge in [-0.25, -0.2) is 9.59 Å². The molecule has 152 valence electrons. The Hall–Kier alpha value is -2.71. The summed E-state index contributed by atoms with van der Waals surface area (Å²) in [4.78, 5) is 34.7. The molecule has 28 heavy (non-hydrogen) atoms. The van der Waals surface area contributed by atoms with E-state index in [1.54, 1.807) is 11.3 Å². The molecule has 0 bridgehead atoms. The summed E-state index contributed by atoms with van der Waals surface area (Å²) >= 11 is 1.62. The van der Waals surface area contributed by atoms with Crippen LogP contribution in [0.4, 0.5) is 5.00 Å². The lowest BCUT2D eigenvalue weighted by Crippen LogP contribution is -2.44. The third-order valence-electron chi connectivity index (χ3n) is 3.81. The van der Waals surface area contributed by atoms with Crippen LogP contribution >= 0.6 is 11.3 Å².